The summed E-state index contributed by atoms with van der Waals surface area (Å²) in [6.45, 7) is 120. The van der Waals surface area contributed by atoms with Crippen molar-refractivity contribution in [2.75, 3.05) is 0 Å². The van der Waals surface area contributed by atoms with Gasteiger partial charge in [0.05, 0.1) is 0 Å². The molecule has 0 aromatic carbocycles. The van der Waals surface area contributed by atoms with E-state index in [0.29, 0.717) is 48.3 Å². The van der Waals surface area contributed by atoms with E-state index in [1.54, 1.807) is 0 Å². The van der Waals surface area contributed by atoms with Crippen LogP contribution in [-0.4, -0.2) is 322 Å². The van der Waals surface area contributed by atoms with Crippen molar-refractivity contribution in [1.29, 1.82) is 0 Å². The van der Waals surface area contributed by atoms with Gasteiger partial charge in [-0.15, -0.1) is 68.6 Å². The Kier molecular flexibility index (Phi) is 46.8. The molecule has 0 aromatic rings. The fourth-order valence-corrected chi connectivity index (χ4v) is 106. The molecule has 9 rings (SSSR count). The maximum absolute atomic E-state index is 6.48. The molecular formula is C68H173Cl5N18Si18. The lowest BCUT2D eigenvalue weighted by molar-refractivity contribution is 0.339. The summed E-state index contributed by atoms with van der Waals surface area (Å²) < 4.78 is 46.9. The van der Waals surface area contributed by atoms with E-state index in [1.807, 2.05) is 0 Å². The maximum Gasteiger partial charge on any atom is 0.399 e. The minimum absolute atomic E-state index is 0.0378. The van der Waals surface area contributed by atoms with Gasteiger partial charge in [-0.3, -0.25) is 8.46 Å². The van der Waals surface area contributed by atoms with E-state index in [-0.39, 0.29) is 49.2 Å². The van der Waals surface area contributed by atoms with Crippen LogP contribution in [0.25, 0.3) is 0 Å². The van der Waals surface area contributed by atoms with E-state index >= 15 is 0 Å². The third-order valence-corrected chi connectivity index (χ3v) is 119. The Bertz CT molecular complexity index is 2520. The van der Waals surface area contributed by atoms with E-state index in [0.717, 1.165) is 36.3 Å². The second-order valence-electron chi connectivity index (χ2n) is 37.0. The first-order valence-electron chi connectivity index (χ1n) is 41.5. The summed E-state index contributed by atoms with van der Waals surface area (Å²) >= 11 is 31.9. The van der Waals surface area contributed by atoms with E-state index in [2.05, 4.69) is 414 Å². The van der Waals surface area contributed by atoms with Crippen LogP contribution in [0.1, 0.15) is 222 Å². The number of rotatable bonds is 20. The summed E-state index contributed by atoms with van der Waals surface area (Å²) in [6, 6.07) is 9.42. The Labute approximate surface area is 731 Å². The average molecular weight is 1930 g/mol. The summed E-state index contributed by atoms with van der Waals surface area (Å²) in [7, 11) is -15.2. The average Bonchev–Trinajstić information content (AvgIpc) is 0.736. The molecule has 9 aliphatic heterocycles. The van der Waals surface area contributed by atoms with Gasteiger partial charge in [0.15, 0.2) is 73.0 Å². The lowest BCUT2D eigenvalue weighted by Gasteiger charge is -2.63. The van der Waals surface area contributed by atoms with Crippen LogP contribution in [0.3, 0.4) is 0 Å². The number of hydrogen-bond donors (Lipinski definition) is 0. The van der Waals surface area contributed by atoms with Crippen molar-refractivity contribution in [2.24, 2.45) is 0 Å². The van der Waals surface area contributed by atoms with Crippen LogP contribution >= 0.6 is 55.4 Å². The van der Waals surface area contributed by atoms with Crippen LogP contribution in [0.15, 0.2) is 73.7 Å². The van der Waals surface area contributed by atoms with Crippen LogP contribution in [-0.2, 0) is 0 Å². The molecule has 9 fully saturated rings. The van der Waals surface area contributed by atoms with E-state index in [4.69, 9.17) is 55.4 Å². The van der Waals surface area contributed by atoms with Crippen LogP contribution in [0.2, 0.25) is 65.5 Å². The molecule has 9 aliphatic rings. The molecular weight excluding hydrogens is 1750 g/mol. The quantitative estimate of drug-likeness (QED) is 0.0858. The van der Waals surface area contributed by atoms with Crippen LogP contribution < -0.4 is 0 Å². The van der Waals surface area contributed by atoms with Gasteiger partial charge in [0.25, 0.3) is 25.3 Å². The fraction of sp³-hybridized carbons (Fsp3) is 0.824. The zero-order valence-corrected chi connectivity index (χ0v) is 103. The molecule has 0 aliphatic carbocycles. The molecule has 0 aromatic heterocycles. The lowest BCUT2D eigenvalue weighted by atomic mass is 10.4. The lowest BCUT2D eigenvalue weighted by Crippen LogP contribution is -2.84. The highest BCUT2D eigenvalue weighted by Gasteiger charge is 2.63. The van der Waals surface area contributed by atoms with Crippen LogP contribution in [0.4, 0.5) is 0 Å². The Hall–Kier alpha value is 2.43. The monoisotopic (exact) mass is 1920 g/mol. The van der Waals surface area contributed by atoms with Crippen molar-refractivity contribution in [3.8, 4) is 0 Å². The van der Waals surface area contributed by atoms with Gasteiger partial charge in [-0.1, -0.05) is 232 Å². The van der Waals surface area contributed by atoms with Gasteiger partial charge < -0.3 is 67.7 Å². The van der Waals surface area contributed by atoms with Gasteiger partial charge in [0.1, 0.15) is 0 Å². The number of nitrogens with zero attached hydrogens (tertiary/aromatic N) is 18. The van der Waals surface area contributed by atoms with Gasteiger partial charge in [-0.05, 0) is 201 Å². The Morgan fingerprint density at radius 3 is 0.679 bits per heavy atom. The molecule has 0 radical (unpaired) electrons. The minimum Gasteiger partial charge on any atom is -0.406 e. The van der Waals surface area contributed by atoms with Gasteiger partial charge in [-0.2, -0.15) is 0 Å². The molecule has 0 unspecified atom stereocenters. The van der Waals surface area contributed by atoms with Crippen molar-refractivity contribution in [1.82, 2.24) is 76.2 Å². The molecule has 0 bridgehead atoms. The fourth-order valence-electron chi connectivity index (χ4n) is 17.6. The topological polar surface area (TPSA) is 58.3 Å². The Morgan fingerprint density at radius 1 is 0.303 bits per heavy atom. The number of hydrogen-bond acceptors (Lipinski definition) is 18. The number of allylic oxidation sites excluding steroid dienone is 4. The highest BCUT2D eigenvalue weighted by atomic mass is 35.7. The van der Waals surface area contributed by atoms with Crippen LogP contribution in [0, 0.1) is 0 Å². The van der Waals surface area contributed by atoms with Gasteiger partial charge in [-0.25, -0.2) is 0 Å². The molecule has 41 heteroatoms. The molecule has 642 valence electrons. The molecule has 18 nitrogen and oxygen atoms in total. The van der Waals surface area contributed by atoms with Crippen molar-refractivity contribution in [3.05, 3.63) is 73.7 Å². The molecule has 0 atom stereocenters. The second-order valence-corrected chi connectivity index (χ2v) is 98.9. The standard InChI is InChI=1S/C10H22N2Si2.2C8H21ClN2Si2.2C8H22N2Si2.C8H18N2Si2.C6H15Cl3N2Si2.C6H18N2Si2.C6H14N2Si2/c1-7-13-11(9(3)4)14(8-2)12(13)10(5)6;2*1-7(2)10-12(9)11(8(3)4)13(10,5)6;1-7(2)9-11-10(8(3)4)12(9,5)6;2*1-7(2)9-11(5)10(8(3)4)12(9)6;1-5(2)10-12(7)11(6(3)4)13(10,8)9;2*1-5(2)7-9-8(10-7)6(3)4/h7-10,13-14H,1-2H2,3-6H3;2*7-8,12H,1-6H3;7-8H,11H2,1-6H3;7-8,11-12H,1-6H3;11-12H,1,3H2,2,4-6H3;5-6,12H,1-4H3;5-6H,9-10H2,1-4H3;1,3,9-10H2,2,4H3. The zero-order valence-electron chi connectivity index (χ0n) is 78.2. The molecule has 9 heterocycles. The van der Waals surface area contributed by atoms with E-state index < -0.39 is 112 Å². The van der Waals surface area contributed by atoms with Crippen molar-refractivity contribution in [2.45, 2.75) is 372 Å². The molecule has 9 saturated heterocycles. The summed E-state index contributed by atoms with van der Waals surface area (Å²) in [6.07, 6.45) is 0. The van der Waals surface area contributed by atoms with Gasteiger partial charge >= 0.3 is 7.02 Å². The van der Waals surface area contributed by atoms with E-state index in [9.17, 15) is 0 Å². The first-order valence-corrected chi connectivity index (χ1v) is 80.9. The molecule has 0 spiro atoms. The summed E-state index contributed by atoms with van der Waals surface area (Å²) in [5.74, 6) is 0. The smallest absolute Gasteiger partial charge is 0.399 e. The third-order valence-electron chi connectivity index (χ3n) is 23.0. The first kappa shape index (κ1) is 109. The second kappa shape index (κ2) is 46.6. The van der Waals surface area contributed by atoms with Gasteiger partial charge in [0.2, 0.25) is 56.2 Å². The highest BCUT2D eigenvalue weighted by Crippen LogP contribution is 2.42. The van der Waals surface area contributed by atoms with Crippen molar-refractivity contribution in [3.63, 3.8) is 0 Å². The Balaban J connectivity index is 0.000000614. The first-order chi connectivity index (χ1) is 49.4. The van der Waals surface area contributed by atoms with Crippen LogP contribution in [0.5, 0.6) is 0 Å². The predicted octanol–water partition coefficient (Wildman–Crippen LogP) is 10.5. The predicted molar refractivity (Wildman–Crippen MR) is 543 cm³/mol. The SMILES string of the molecule is C=C(C)N1[SiH2]N(C(=C)C)[SiH2]1.C=C(C)N1[SiH](C)N(C(=C)C)[SiH]1C.C=C[SiH]1N(C(C)C)[SiH](C=C)N1C(C)C.CC(C)N1[SiH2]N(C(C)C)[SiH2]1.CC(C)N1[SiH2]N(C(C)C)[Si]1(C)C.CC(C)N1[SiH](C)N(C(C)C)[SiH]1C.CC(C)N1[SiH](Cl)N(C(C)C)[Si]1(C)C.CC(C)N1[SiH](Cl)N(C(C)C)[Si]1(C)C.CC(C)N1[SiH](Cl)N(C(C)C)[Si]1(Cl)Cl. The zero-order chi connectivity index (χ0) is 85.9. The normalized spacial score (nSPS) is 26.9. The van der Waals surface area contributed by atoms with Crippen molar-refractivity contribution >= 4 is 217 Å². The molecule has 0 N–H and O–H groups in total. The third kappa shape index (κ3) is 27.2. The Morgan fingerprint density at radius 2 is 0.532 bits per heavy atom. The summed E-state index contributed by atoms with van der Waals surface area (Å²) in [5.41, 5.74) is 9.41. The molecule has 0 saturated carbocycles. The molecule has 0 amide bonds. The minimum atomic E-state index is -2.36. The number of halogens is 5. The largest absolute Gasteiger partial charge is 0.406 e. The summed E-state index contributed by atoms with van der Waals surface area (Å²) in [5, 5.41) is 0. The molecule has 109 heavy (non-hydrogen) atoms. The highest BCUT2D eigenvalue weighted by molar-refractivity contribution is 7.51. The summed E-state index contributed by atoms with van der Waals surface area (Å²) in [4.78, 5) is 0. The van der Waals surface area contributed by atoms with Crippen molar-refractivity contribution < 1.29 is 0 Å². The van der Waals surface area contributed by atoms with E-state index in [1.165, 1.54) is 22.8 Å². The maximum atomic E-state index is 6.48. The van der Waals surface area contributed by atoms with Gasteiger partial charge in [0, 0.05) is 0 Å².